The lowest BCUT2D eigenvalue weighted by molar-refractivity contribution is -0.122. The molecule has 2 aromatic rings. The van der Waals surface area contributed by atoms with Gasteiger partial charge in [0.05, 0.1) is 11.8 Å². The number of carbonyl (C=O) groups is 2. The smallest absolute Gasteiger partial charge is 0.271 e. The van der Waals surface area contributed by atoms with E-state index in [0.717, 1.165) is 11.0 Å². The number of hydrogen-bond donors (Lipinski definition) is 2. The fourth-order valence-corrected chi connectivity index (χ4v) is 2.06. The first-order valence-electron chi connectivity index (χ1n) is 7.31. The van der Waals surface area contributed by atoms with Gasteiger partial charge in [-0.15, -0.1) is 0 Å². The number of hydrogen-bond acceptors (Lipinski definition) is 4. The Morgan fingerprint density at radius 3 is 2.55 bits per heavy atom. The molecule has 22 heavy (non-hydrogen) atoms. The van der Waals surface area contributed by atoms with Gasteiger partial charge in [-0.05, 0) is 25.8 Å². The van der Waals surface area contributed by atoms with Crippen molar-refractivity contribution in [2.45, 2.75) is 40.2 Å². The molecule has 2 rings (SSSR count). The minimum absolute atomic E-state index is 0.194. The predicted molar refractivity (Wildman–Crippen MR) is 83.0 cm³/mol. The van der Waals surface area contributed by atoms with Crippen LogP contribution in [0.5, 0.6) is 0 Å². The number of amides is 2. The number of hydrazine groups is 1. The highest BCUT2D eigenvalue weighted by molar-refractivity contribution is 5.97. The van der Waals surface area contributed by atoms with Crippen LogP contribution in [0.4, 0.5) is 0 Å². The minimum atomic E-state index is -0.399. The molecule has 0 unspecified atom stereocenters. The van der Waals surface area contributed by atoms with E-state index in [1.807, 2.05) is 27.7 Å². The van der Waals surface area contributed by atoms with Crippen LogP contribution in [0.25, 0.3) is 11.0 Å². The Bertz CT molecular complexity index is 690. The summed E-state index contributed by atoms with van der Waals surface area (Å²) in [7, 11) is 0. The molecule has 0 fully saturated rings. The highest BCUT2D eigenvalue weighted by atomic mass is 16.2. The van der Waals surface area contributed by atoms with Gasteiger partial charge in [0.2, 0.25) is 5.91 Å². The summed E-state index contributed by atoms with van der Waals surface area (Å²) in [6.07, 6.45) is 3.52. The molecule has 0 bridgehead atoms. The van der Waals surface area contributed by atoms with E-state index in [-0.39, 0.29) is 17.9 Å². The van der Waals surface area contributed by atoms with Crippen LogP contribution in [0.3, 0.4) is 0 Å². The zero-order chi connectivity index (χ0) is 16.3. The van der Waals surface area contributed by atoms with Crippen molar-refractivity contribution in [3.05, 3.63) is 24.0 Å². The van der Waals surface area contributed by atoms with Gasteiger partial charge in [-0.3, -0.25) is 20.4 Å². The number of rotatable bonds is 4. The Morgan fingerprint density at radius 2 is 1.91 bits per heavy atom. The molecule has 0 saturated carbocycles. The molecule has 0 saturated heterocycles. The Morgan fingerprint density at radius 1 is 1.18 bits per heavy atom. The van der Waals surface area contributed by atoms with Crippen molar-refractivity contribution in [1.82, 2.24) is 25.6 Å². The normalized spacial score (nSPS) is 11.2. The average molecular weight is 303 g/mol. The first-order valence-corrected chi connectivity index (χ1v) is 7.31. The SMILES string of the molecule is CC(C)CC(=O)NNC(=O)c1cnc2c(cnn2C(C)C)c1. The molecular weight excluding hydrogens is 282 g/mol. The second kappa shape index (κ2) is 6.55. The van der Waals surface area contributed by atoms with Crippen LogP contribution in [0.1, 0.15) is 50.5 Å². The van der Waals surface area contributed by atoms with Gasteiger partial charge in [-0.2, -0.15) is 5.10 Å². The van der Waals surface area contributed by atoms with Gasteiger partial charge in [0.25, 0.3) is 5.91 Å². The summed E-state index contributed by atoms with van der Waals surface area (Å²) < 4.78 is 1.79. The number of pyridine rings is 1. The molecule has 2 N–H and O–H groups in total. The summed E-state index contributed by atoms with van der Waals surface area (Å²) in [5.41, 5.74) is 5.90. The van der Waals surface area contributed by atoms with Crippen molar-refractivity contribution < 1.29 is 9.59 Å². The molecule has 0 atom stereocenters. The highest BCUT2D eigenvalue weighted by Crippen LogP contribution is 2.16. The molecule has 0 aromatic carbocycles. The van der Waals surface area contributed by atoms with E-state index in [1.54, 1.807) is 16.9 Å². The summed E-state index contributed by atoms with van der Waals surface area (Å²) in [6.45, 7) is 7.90. The maximum absolute atomic E-state index is 12.0. The summed E-state index contributed by atoms with van der Waals surface area (Å²) >= 11 is 0. The van der Waals surface area contributed by atoms with Crippen LogP contribution in [0.15, 0.2) is 18.5 Å². The quantitative estimate of drug-likeness (QED) is 0.843. The number of aromatic nitrogens is 3. The van der Waals surface area contributed by atoms with E-state index < -0.39 is 5.91 Å². The molecule has 0 spiro atoms. The average Bonchev–Trinajstić information content (AvgIpc) is 2.87. The van der Waals surface area contributed by atoms with Crippen molar-refractivity contribution in [2.75, 3.05) is 0 Å². The summed E-state index contributed by atoms with van der Waals surface area (Å²) in [5.74, 6) is -0.384. The van der Waals surface area contributed by atoms with Crippen molar-refractivity contribution in [1.29, 1.82) is 0 Å². The second-order valence-corrected chi connectivity index (χ2v) is 5.92. The predicted octanol–water partition coefficient (Wildman–Crippen LogP) is 1.82. The number of nitrogens with one attached hydrogen (secondary N) is 2. The second-order valence-electron chi connectivity index (χ2n) is 5.92. The van der Waals surface area contributed by atoms with Gasteiger partial charge < -0.3 is 0 Å². The molecule has 0 aliphatic carbocycles. The fourth-order valence-electron chi connectivity index (χ4n) is 2.06. The number of fused-ring (bicyclic) bond motifs is 1. The Hall–Kier alpha value is -2.44. The van der Waals surface area contributed by atoms with Crippen molar-refractivity contribution in [3.8, 4) is 0 Å². The van der Waals surface area contributed by atoms with E-state index in [4.69, 9.17) is 0 Å². The summed E-state index contributed by atoms with van der Waals surface area (Å²) in [4.78, 5) is 27.8. The maximum atomic E-state index is 12.0. The number of nitrogens with zero attached hydrogens (tertiary/aromatic N) is 3. The van der Waals surface area contributed by atoms with Crippen LogP contribution < -0.4 is 10.9 Å². The van der Waals surface area contributed by atoms with Crippen LogP contribution in [-0.2, 0) is 4.79 Å². The van der Waals surface area contributed by atoms with E-state index in [1.165, 1.54) is 6.20 Å². The van der Waals surface area contributed by atoms with Gasteiger partial charge in [0, 0.05) is 24.0 Å². The monoisotopic (exact) mass is 303 g/mol. The molecule has 7 heteroatoms. The maximum Gasteiger partial charge on any atom is 0.271 e. The molecule has 7 nitrogen and oxygen atoms in total. The van der Waals surface area contributed by atoms with Gasteiger partial charge in [-0.1, -0.05) is 13.8 Å². The molecule has 0 aliphatic heterocycles. The van der Waals surface area contributed by atoms with Gasteiger partial charge >= 0.3 is 0 Å². The topological polar surface area (TPSA) is 88.9 Å². The Kier molecular flexibility index (Phi) is 4.75. The van der Waals surface area contributed by atoms with Crippen LogP contribution in [0, 0.1) is 5.92 Å². The molecule has 0 aliphatic rings. The van der Waals surface area contributed by atoms with E-state index in [2.05, 4.69) is 20.9 Å². The Balaban J connectivity index is 2.07. The van der Waals surface area contributed by atoms with Crippen LogP contribution in [0.2, 0.25) is 0 Å². The van der Waals surface area contributed by atoms with Gasteiger partial charge in [0.15, 0.2) is 5.65 Å². The summed E-state index contributed by atoms with van der Waals surface area (Å²) in [6, 6.07) is 1.90. The first-order chi connectivity index (χ1) is 10.4. The zero-order valence-electron chi connectivity index (χ0n) is 13.3. The van der Waals surface area contributed by atoms with Gasteiger partial charge in [0.1, 0.15) is 0 Å². The summed E-state index contributed by atoms with van der Waals surface area (Å²) in [5, 5.41) is 5.04. The fraction of sp³-hybridized carbons (Fsp3) is 0.467. The third-order valence-electron chi connectivity index (χ3n) is 3.09. The van der Waals surface area contributed by atoms with Crippen molar-refractivity contribution >= 4 is 22.8 Å². The third-order valence-corrected chi connectivity index (χ3v) is 3.09. The van der Waals surface area contributed by atoms with E-state index in [0.29, 0.717) is 12.0 Å². The molecule has 118 valence electrons. The lowest BCUT2D eigenvalue weighted by atomic mass is 10.1. The molecule has 2 amide bonds. The standard InChI is InChI=1S/C15H21N5O2/c1-9(2)5-13(21)18-19-15(22)12-6-11-8-17-20(10(3)4)14(11)16-7-12/h6-10H,5H2,1-4H3,(H,18,21)(H,19,22). The molecular formula is C15H21N5O2. The largest absolute Gasteiger partial charge is 0.273 e. The van der Waals surface area contributed by atoms with E-state index >= 15 is 0 Å². The van der Waals surface area contributed by atoms with E-state index in [9.17, 15) is 9.59 Å². The minimum Gasteiger partial charge on any atom is -0.273 e. The molecule has 0 radical (unpaired) electrons. The molecule has 2 heterocycles. The third kappa shape index (κ3) is 3.60. The van der Waals surface area contributed by atoms with Gasteiger partial charge in [-0.25, -0.2) is 9.67 Å². The van der Waals surface area contributed by atoms with Crippen LogP contribution in [-0.4, -0.2) is 26.6 Å². The molecule has 2 aromatic heterocycles. The lowest BCUT2D eigenvalue weighted by Crippen LogP contribution is -2.42. The highest BCUT2D eigenvalue weighted by Gasteiger charge is 2.12. The van der Waals surface area contributed by atoms with Crippen LogP contribution >= 0.6 is 0 Å². The van der Waals surface area contributed by atoms with Crippen molar-refractivity contribution in [2.24, 2.45) is 5.92 Å². The Labute approximate surface area is 129 Å². The first kappa shape index (κ1) is 15.9. The zero-order valence-corrected chi connectivity index (χ0v) is 13.3. The van der Waals surface area contributed by atoms with Crippen molar-refractivity contribution in [3.63, 3.8) is 0 Å². The number of carbonyl (C=O) groups excluding carboxylic acids is 2. The lowest BCUT2D eigenvalue weighted by Gasteiger charge is -2.09.